The summed E-state index contributed by atoms with van der Waals surface area (Å²) >= 11 is 0. The molecule has 1 unspecified atom stereocenters. The second-order valence-corrected chi connectivity index (χ2v) is 8.88. The topological polar surface area (TPSA) is 115 Å². The van der Waals surface area contributed by atoms with Crippen LogP contribution in [-0.4, -0.2) is 50.2 Å². The van der Waals surface area contributed by atoms with Gasteiger partial charge in [0.1, 0.15) is 24.1 Å². The van der Waals surface area contributed by atoms with Gasteiger partial charge in [0.15, 0.2) is 5.76 Å². The van der Waals surface area contributed by atoms with Crippen molar-refractivity contribution in [2.45, 2.75) is 66.1 Å². The maximum atomic E-state index is 13.6. The number of rotatable bonds is 9. The standard InChI is InChI=1S/C24H32N6O4/c1-7-17(23(32)25-24(4,5)6)30(18-11-9-10-12-19(18)33-8-2)21(31)15-29-27-22(26-28-29)20-14-13-16(3)34-20/h9-14,17H,7-8,15H2,1-6H3,(H,25,32). The number of hydrogen-bond donors (Lipinski definition) is 1. The van der Waals surface area contributed by atoms with E-state index in [4.69, 9.17) is 9.15 Å². The molecule has 2 amide bonds. The Morgan fingerprint density at radius 3 is 2.53 bits per heavy atom. The third-order valence-corrected chi connectivity index (χ3v) is 4.88. The first-order valence-electron chi connectivity index (χ1n) is 11.3. The molecule has 1 aromatic carbocycles. The van der Waals surface area contributed by atoms with Crippen LogP contribution in [0.4, 0.5) is 5.69 Å². The number of nitrogens with zero attached hydrogens (tertiary/aromatic N) is 5. The minimum atomic E-state index is -0.760. The second kappa shape index (κ2) is 10.5. The van der Waals surface area contributed by atoms with Crippen molar-refractivity contribution >= 4 is 17.5 Å². The lowest BCUT2D eigenvalue weighted by atomic mass is 10.1. The van der Waals surface area contributed by atoms with E-state index < -0.39 is 11.6 Å². The molecule has 10 heteroatoms. The Morgan fingerprint density at radius 1 is 1.18 bits per heavy atom. The van der Waals surface area contributed by atoms with E-state index in [9.17, 15) is 9.59 Å². The molecule has 2 heterocycles. The van der Waals surface area contributed by atoms with Crippen molar-refractivity contribution in [3.8, 4) is 17.3 Å². The molecule has 1 N–H and O–H groups in total. The van der Waals surface area contributed by atoms with Crippen LogP contribution in [0.15, 0.2) is 40.8 Å². The molecule has 0 aliphatic rings. The average molecular weight is 469 g/mol. The highest BCUT2D eigenvalue weighted by Crippen LogP contribution is 2.31. The fourth-order valence-electron chi connectivity index (χ4n) is 3.51. The number of benzene rings is 1. The predicted octanol–water partition coefficient (Wildman–Crippen LogP) is 3.37. The van der Waals surface area contributed by atoms with Crippen molar-refractivity contribution in [1.82, 2.24) is 25.5 Å². The monoisotopic (exact) mass is 468 g/mol. The molecule has 3 rings (SSSR count). The molecule has 0 aliphatic heterocycles. The average Bonchev–Trinajstić information content (AvgIpc) is 3.40. The summed E-state index contributed by atoms with van der Waals surface area (Å²) < 4.78 is 11.3. The van der Waals surface area contributed by atoms with E-state index in [0.717, 1.165) is 5.76 Å². The number of tetrazole rings is 1. The lowest BCUT2D eigenvalue weighted by Gasteiger charge is -2.33. The highest BCUT2D eigenvalue weighted by Gasteiger charge is 2.33. The number of para-hydroxylation sites is 2. The summed E-state index contributed by atoms with van der Waals surface area (Å²) in [7, 11) is 0. The van der Waals surface area contributed by atoms with Crippen molar-refractivity contribution in [1.29, 1.82) is 0 Å². The summed E-state index contributed by atoms with van der Waals surface area (Å²) in [6.07, 6.45) is 0.399. The number of amides is 2. The molecule has 34 heavy (non-hydrogen) atoms. The zero-order valence-electron chi connectivity index (χ0n) is 20.5. The molecule has 2 aromatic heterocycles. The molecule has 0 radical (unpaired) electrons. The number of anilines is 1. The molecule has 0 saturated carbocycles. The van der Waals surface area contributed by atoms with Crippen LogP contribution in [0.3, 0.4) is 0 Å². The van der Waals surface area contributed by atoms with Crippen LogP contribution >= 0.6 is 0 Å². The van der Waals surface area contributed by atoms with Crippen LogP contribution < -0.4 is 15.0 Å². The fraction of sp³-hybridized carbons (Fsp3) is 0.458. The van der Waals surface area contributed by atoms with Crippen molar-refractivity contribution in [2.24, 2.45) is 0 Å². The second-order valence-electron chi connectivity index (χ2n) is 8.88. The van der Waals surface area contributed by atoms with Crippen molar-refractivity contribution < 1.29 is 18.7 Å². The lowest BCUT2D eigenvalue weighted by Crippen LogP contribution is -2.54. The third kappa shape index (κ3) is 6.00. The summed E-state index contributed by atoms with van der Waals surface area (Å²) in [6.45, 7) is 11.4. The Bertz CT molecular complexity index is 1130. The highest BCUT2D eigenvalue weighted by atomic mass is 16.5. The highest BCUT2D eigenvalue weighted by molar-refractivity contribution is 6.01. The Balaban J connectivity index is 1.95. The SMILES string of the molecule is CCOc1ccccc1N(C(=O)Cn1nnc(-c2ccc(C)o2)n1)C(CC)C(=O)NC(C)(C)C. The zero-order chi connectivity index (χ0) is 24.9. The van der Waals surface area contributed by atoms with E-state index in [1.165, 1.54) is 9.70 Å². The largest absolute Gasteiger partial charge is 0.492 e. The van der Waals surface area contributed by atoms with Gasteiger partial charge in [0.25, 0.3) is 5.91 Å². The van der Waals surface area contributed by atoms with Gasteiger partial charge >= 0.3 is 0 Å². The maximum absolute atomic E-state index is 13.6. The van der Waals surface area contributed by atoms with Gasteiger partial charge in [-0.1, -0.05) is 19.1 Å². The van der Waals surface area contributed by atoms with Crippen LogP contribution in [0.25, 0.3) is 11.6 Å². The summed E-state index contributed by atoms with van der Waals surface area (Å²) in [5, 5.41) is 15.3. The van der Waals surface area contributed by atoms with Crippen LogP contribution in [-0.2, 0) is 16.1 Å². The van der Waals surface area contributed by atoms with Gasteiger partial charge in [0.2, 0.25) is 11.7 Å². The predicted molar refractivity (Wildman–Crippen MR) is 127 cm³/mol. The maximum Gasteiger partial charge on any atom is 0.251 e. The van der Waals surface area contributed by atoms with E-state index >= 15 is 0 Å². The summed E-state index contributed by atoms with van der Waals surface area (Å²) in [6, 6.07) is 9.95. The number of hydrogen-bond acceptors (Lipinski definition) is 7. The first kappa shape index (κ1) is 24.9. The van der Waals surface area contributed by atoms with Crippen LogP contribution in [0.2, 0.25) is 0 Å². The molecule has 0 saturated heterocycles. The van der Waals surface area contributed by atoms with Crippen LogP contribution in [0, 0.1) is 6.92 Å². The van der Waals surface area contributed by atoms with E-state index in [-0.39, 0.29) is 24.2 Å². The third-order valence-electron chi connectivity index (χ3n) is 4.88. The normalized spacial score (nSPS) is 12.3. The van der Waals surface area contributed by atoms with Gasteiger partial charge < -0.3 is 14.5 Å². The number of aryl methyl sites for hydroxylation is 1. The molecule has 0 bridgehead atoms. The number of carbonyl (C=O) groups excluding carboxylic acids is 2. The zero-order valence-corrected chi connectivity index (χ0v) is 20.5. The minimum Gasteiger partial charge on any atom is -0.492 e. The van der Waals surface area contributed by atoms with Gasteiger partial charge in [-0.05, 0) is 70.5 Å². The van der Waals surface area contributed by atoms with Crippen LogP contribution in [0.1, 0.15) is 46.8 Å². The van der Waals surface area contributed by atoms with E-state index in [2.05, 4.69) is 20.7 Å². The number of ether oxygens (including phenoxy) is 1. The molecule has 0 fully saturated rings. The quantitative estimate of drug-likeness (QED) is 0.512. The smallest absolute Gasteiger partial charge is 0.251 e. The Labute approximate surface area is 199 Å². The first-order valence-corrected chi connectivity index (χ1v) is 11.3. The van der Waals surface area contributed by atoms with Gasteiger partial charge in [-0.3, -0.25) is 14.5 Å². The number of carbonyl (C=O) groups is 2. The van der Waals surface area contributed by atoms with Gasteiger partial charge in [-0.2, -0.15) is 4.80 Å². The number of nitrogens with one attached hydrogen (secondary N) is 1. The molecule has 0 aliphatic carbocycles. The van der Waals surface area contributed by atoms with Crippen molar-refractivity contribution in [2.75, 3.05) is 11.5 Å². The Hall–Kier alpha value is -3.69. The number of aromatic nitrogens is 4. The van der Waals surface area contributed by atoms with E-state index in [0.29, 0.717) is 30.2 Å². The summed E-state index contributed by atoms with van der Waals surface area (Å²) in [5.41, 5.74) is 0.0506. The molecule has 1 atom stereocenters. The molecular weight excluding hydrogens is 436 g/mol. The first-order chi connectivity index (χ1) is 16.1. The van der Waals surface area contributed by atoms with E-state index in [1.807, 2.05) is 47.6 Å². The van der Waals surface area contributed by atoms with Crippen molar-refractivity contribution in [3.05, 3.63) is 42.2 Å². The fourth-order valence-corrected chi connectivity index (χ4v) is 3.51. The van der Waals surface area contributed by atoms with Gasteiger partial charge in [0, 0.05) is 5.54 Å². The van der Waals surface area contributed by atoms with E-state index in [1.54, 1.807) is 30.3 Å². The summed E-state index contributed by atoms with van der Waals surface area (Å²) in [5.74, 6) is 1.34. The van der Waals surface area contributed by atoms with Crippen molar-refractivity contribution in [3.63, 3.8) is 0 Å². The Kier molecular flexibility index (Phi) is 7.70. The number of furan rings is 1. The minimum absolute atomic E-state index is 0.216. The molecule has 0 spiro atoms. The van der Waals surface area contributed by atoms with Crippen LogP contribution in [0.5, 0.6) is 5.75 Å². The molecule has 182 valence electrons. The van der Waals surface area contributed by atoms with Gasteiger partial charge in [-0.15, -0.1) is 10.2 Å². The molecule has 10 nitrogen and oxygen atoms in total. The van der Waals surface area contributed by atoms with Gasteiger partial charge in [-0.25, -0.2) is 0 Å². The molecule has 3 aromatic rings. The Morgan fingerprint density at radius 2 is 1.91 bits per heavy atom. The van der Waals surface area contributed by atoms with Gasteiger partial charge in [0.05, 0.1) is 12.3 Å². The lowest BCUT2D eigenvalue weighted by molar-refractivity contribution is -0.128. The molecular formula is C24H32N6O4. The summed E-state index contributed by atoms with van der Waals surface area (Å²) in [4.78, 5) is 29.5.